The molecule has 0 aliphatic rings. The maximum Gasteiger partial charge on any atom is 0.341 e. The predicted molar refractivity (Wildman–Crippen MR) is 77.8 cm³/mol. The van der Waals surface area contributed by atoms with E-state index in [0.717, 1.165) is 15.6 Å². The van der Waals surface area contributed by atoms with Gasteiger partial charge in [-0.25, -0.2) is 4.79 Å². The zero-order valence-electron chi connectivity index (χ0n) is 9.77. The number of rotatable bonds is 3. The van der Waals surface area contributed by atoms with Crippen LogP contribution in [0.3, 0.4) is 0 Å². The van der Waals surface area contributed by atoms with Gasteiger partial charge < -0.3 is 10.5 Å². The van der Waals surface area contributed by atoms with Crippen LogP contribution in [0.2, 0.25) is 0 Å². The van der Waals surface area contributed by atoms with Crippen LogP contribution in [0.1, 0.15) is 17.3 Å². The van der Waals surface area contributed by atoms with Crippen LogP contribution in [0, 0.1) is 0 Å². The van der Waals surface area contributed by atoms with E-state index in [9.17, 15) is 4.79 Å². The average Bonchev–Trinajstić information content (AvgIpc) is 2.71. The van der Waals surface area contributed by atoms with Crippen molar-refractivity contribution in [2.45, 2.75) is 6.92 Å². The summed E-state index contributed by atoms with van der Waals surface area (Å²) in [6, 6.07) is 7.74. The molecule has 2 N–H and O–H groups in total. The highest BCUT2D eigenvalue weighted by molar-refractivity contribution is 9.10. The van der Waals surface area contributed by atoms with Gasteiger partial charge in [0.15, 0.2) is 0 Å². The fourth-order valence-electron chi connectivity index (χ4n) is 1.66. The van der Waals surface area contributed by atoms with Crippen LogP contribution in [0.4, 0.5) is 5.00 Å². The summed E-state index contributed by atoms with van der Waals surface area (Å²) >= 11 is 4.76. The molecule has 0 atom stereocenters. The first-order valence-electron chi connectivity index (χ1n) is 5.43. The number of thiophene rings is 1. The number of anilines is 1. The van der Waals surface area contributed by atoms with Crippen molar-refractivity contribution in [2.75, 3.05) is 12.3 Å². The largest absolute Gasteiger partial charge is 0.462 e. The van der Waals surface area contributed by atoms with E-state index < -0.39 is 0 Å². The van der Waals surface area contributed by atoms with Crippen molar-refractivity contribution in [3.63, 3.8) is 0 Å². The minimum absolute atomic E-state index is 0.339. The summed E-state index contributed by atoms with van der Waals surface area (Å²) in [5.74, 6) is -0.369. The molecule has 0 spiro atoms. The first-order valence-corrected chi connectivity index (χ1v) is 7.10. The number of halogens is 1. The number of nitrogens with two attached hydrogens (primary N) is 1. The quantitative estimate of drug-likeness (QED) is 0.869. The third-order valence-electron chi connectivity index (χ3n) is 2.43. The molecule has 0 bridgehead atoms. The van der Waals surface area contributed by atoms with E-state index in [1.54, 1.807) is 6.92 Å². The molecule has 0 amide bonds. The van der Waals surface area contributed by atoms with Crippen LogP contribution in [-0.4, -0.2) is 12.6 Å². The molecule has 94 valence electrons. The Kier molecular flexibility index (Phi) is 4.04. The smallest absolute Gasteiger partial charge is 0.341 e. The number of carbonyl (C=O) groups is 1. The standard InChI is InChI=1S/C13H12BrNO2S/c1-2-17-13(16)11-10(7-18-12(11)15)8-4-3-5-9(14)6-8/h3-7H,2,15H2,1H3. The summed E-state index contributed by atoms with van der Waals surface area (Å²) in [6.45, 7) is 2.12. The van der Waals surface area contributed by atoms with Gasteiger partial charge in [-0.15, -0.1) is 11.3 Å². The van der Waals surface area contributed by atoms with E-state index in [-0.39, 0.29) is 5.97 Å². The van der Waals surface area contributed by atoms with Gasteiger partial charge in [0.1, 0.15) is 10.6 Å². The Balaban J connectivity index is 2.49. The van der Waals surface area contributed by atoms with Crippen molar-refractivity contribution in [1.82, 2.24) is 0 Å². The Morgan fingerprint density at radius 3 is 2.94 bits per heavy atom. The van der Waals surface area contributed by atoms with E-state index in [4.69, 9.17) is 10.5 Å². The molecular weight excluding hydrogens is 314 g/mol. The Hall–Kier alpha value is -1.33. The molecule has 0 saturated carbocycles. The third-order valence-corrected chi connectivity index (χ3v) is 3.74. The van der Waals surface area contributed by atoms with Crippen molar-refractivity contribution in [1.29, 1.82) is 0 Å². The van der Waals surface area contributed by atoms with E-state index in [1.165, 1.54) is 11.3 Å². The molecule has 3 nitrogen and oxygen atoms in total. The van der Waals surface area contributed by atoms with E-state index in [2.05, 4.69) is 15.9 Å². The minimum Gasteiger partial charge on any atom is -0.462 e. The van der Waals surface area contributed by atoms with Gasteiger partial charge in [0.2, 0.25) is 0 Å². The topological polar surface area (TPSA) is 52.3 Å². The fraction of sp³-hybridized carbons (Fsp3) is 0.154. The molecule has 0 aliphatic carbocycles. The lowest BCUT2D eigenvalue weighted by Crippen LogP contribution is -2.07. The second kappa shape index (κ2) is 5.54. The van der Waals surface area contributed by atoms with Crippen LogP contribution in [0.5, 0.6) is 0 Å². The maximum atomic E-state index is 11.9. The van der Waals surface area contributed by atoms with Crippen molar-refractivity contribution in [2.24, 2.45) is 0 Å². The zero-order chi connectivity index (χ0) is 13.1. The van der Waals surface area contributed by atoms with Gasteiger partial charge in [0.25, 0.3) is 0 Å². The SMILES string of the molecule is CCOC(=O)c1c(-c2cccc(Br)c2)csc1N. The molecule has 5 heteroatoms. The van der Waals surface area contributed by atoms with Gasteiger partial charge in [-0.2, -0.15) is 0 Å². The zero-order valence-corrected chi connectivity index (χ0v) is 12.2. The molecule has 0 unspecified atom stereocenters. The summed E-state index contributed by atoms with van der Waals surface area (Å²) < 4.78 is 5.99. The molecule has 1 aromatic carbocycles. The molecule has 2 rings (SSSR count). The lowest BCUT2D eigenvalue weighted by molar-refractivity contribution is 0.0529. The predicted octanol–water partition coefficient (Wildman–Crippen LogP) is 3.94. The van der Waals surface area contributed by atoms with Crippen molar-refractivity contribution >= 4 is 38.2 Å². The van der Waals surface area contributed by atoms with Gasteiger partial charge in [0, 0.05) is 15.4 Å². The second-order valence-electron chi connectivity index (χ2n) is 3.62. The number of hydrogen-bond acceptors (Lipinski definition) is 4. The number of esters is 1. The number of hydrogen-bond donors (Lipinski definition) is 1. The number of benzene rings is 1. The molecular formula is C13H12BrNO2S. The fourth-order valence-corrected chi connectivity index (χ4v) is 2.86. The summed E-state index contributed by atoms with van der Waals surface area (Å²) in [7, 11) is 0. The molecule has 2 aromatic rings. The highest BCUT2D eigenvalue weighted by atomic mass is 79.9. The average molecular weight is 326 g/mol. The summed E-state index contributed by atoms with van der Waals surface area (Å²) in [6.07, 6.45) is 0. The molecule has 1 heterocycles. The van der Waals surface area contributed by atoms with Gasteiger partial charge >= 0.3 is 5.97 Å². The third kappa shape index (κ3) is 2.57. The minimum atomic E-state index is -0.369. The monoisotopic (exact) mass is 325 g/mol. The maximum absolute atomic E-state index is 11.9. The van der Waals surface area contributed by atoms with Crippen molar-refractivity contribution in [3.8, 4) is 11.1 Å². The van der Waals surface area contributed by atoms with Crippen LogP contribution in [0.15, 0.2) is 34.1 Å². The Bertz CT molecular complexity index is 580. The number of ether oxygens (including phenoxy) is 1. The molecule has 0 saturated heterocycles. The Labute approximate surface area is 118 Å². The molecule has 0 aliphatic heterocycles. The molecule has 18 heavy (non-hydrogen) atoms. The second-order valence-corrected chi connectivity index (χ2v) is 5.45. The lowest BCUT2D eigenvalue weighted by atomic mass is 10.0. The normalized spacial score (nSPS) is 10.3. The van der Waals surface area contributed by atoms with E-state index >= 15 is 0 Å². The van der Waals surface area contributed by atoms with E-state index in [1.807, 2.05) is 29.6 Å². The van der Waals surface area contributed by atoms with Crippen LogP contribution in [0.25, 0.3) is 11.1 Å². The van der Waals surface area contributed by atoms with Gasteiger partial charge in [-0.1, -0.05) is 28.1 Å². The highest BCUT2D eigenvalue weighted by Gasteiger charge is 2.19. The van der Waals surface area contributed by atoms with Crippen LogP contribution in [-0.2, 0) is 4.74 Å². The summed E-state index contributed by atoms with van der Waals surface area (Å²) in [4.78, 5) is 11.9. The molecule has 1 aromatic heterocycles. The highest BCUT2D eigenvalue weighted by Crippen LogP contribution is 2.35. The number of nitrogen functional groups attached to an aromatic ring is 1. The molecule has 0 radical (unpaired) electrons. The van der Waals surface area contributed by atoms with E-state index in [0.29, 0.717) is 17.2 Å². The van der Waals surface area contributed by atoms with Crippen molar-refractivity contribution in [3.05, 3.63) is 39.7 Å². The van der Waals surface area contributed by atoms with Gasteiger partial charge in [-0.3, -0.25) is 0 Å². The van der Waals surface area contributed by atoms with Gasteiger partial charge in [-0.05, 0) is 24.6 Å². The Morgan fingerprint density at radius 2 is 2.28 bits per heavy atom. The lowest BCUT2D eigenvalue weighted by Gasteiger charge is -2.05. The number of carbonyl (C=O) groups excluding carboxylic acids is 1. The summed E-state index contributed by atoms with van der Waals surface area (Å²) in [5, 5.41) is 2.37. The first kappa shape index (κ1) is 13.1. The van der Waals surface area contributed by atoms with Crippen LogP contribution >= 0.6 is 27.3 Å². The van der Waals surface area contributed by atoms with Crippen LogP contribution < -0.4 is 5.73 Å². The summed E-state index contributed by atoms with van der Waals surface area (Å²) in [5.41, 5.74) is 8.07. The first-order chi connectivity index (χ1) is 8.63. The van der Waals surface area contributed by atoms with Crippen molar-refractivity contribution < 1.29 is 9.53 Å². The van der Waals surface area contributed by atoms with Gasteiger partial charge in [0.05, 0.1) is 6.61 Å². The Morgan fingerprint density at radius 1 is 1.50 bits per heavy atom. The molecule has 0 fully saturated rings.